The number of nitrogens with one attached hydrogen (secondary N) is 1. The smallest absolute Gasteiger partial charge is 0.366 e. The third kappa shape index (κ3) is 5.62. The Kier molecular flexibility index (Phi) is 10.4. The number of carbonyl (C=O) groups excluding carboxylic acids is 1. The molecule has 6 nitrogen and oxygen atoms in total. The quantitative estimate of drug-likeness (QED) is 0.430. The maximum Gasteiger partial charge on any atom is 0.366 e. The number of fused-ring (bicyclic) bond motifs is 2. The summed E-state index contributed by atoms with van der Waals surface area (Å²) in [5.74, 6) is 2.33. The van der Waals surface area contributed by atoms with Crippen LogP contribution in [0.15, 0.2) is 42.5 Å². The molecular weight excluding hydrogens is 545 g/mol. The van der Waals surface area contributed by atoms with Crippen molar-refractivity contribution in [2.24, 2.45) is 11.8 Å². The van der Waals surface area contributed by atoms with E-state index in [0.29, 0.717) is 23.8 Å². The molecule has 0 bridgehead atoms. The number of benzene rings is 1. The van der Waals surface area contributed by atoms with Crippen LogP contribution in [0.2, 0.25) is 0 Å². The molecule has 2 unspecified atom stereocenters. The number of nitrogens with two attached hydrogens (primary N) is 1. The molecule has 3 N–H and O–H groups in total. The third-order valence-electron chi connectivity index (χ3n) is 10.4. The lowest BCUT2D eigenvalue weighted by atomic mass is 9.64. The Morgan fingerprint density at radius 3 is 2.50 bits per heavy atom. The van der Waals surface area contributed by atoms with Crippen molar-refractivity contribution in [2.75, 3.05) is 33.9 Å². The molecule has 8 heteroatoms. The summed E-state index contributed by atoms with van der Waals surface area (Å²) in [4.78, 5) is 20.6. The largest absolute Gasteiger partial charge is 1.00 e. The number of nitrogens with zero attached hydrogens (tertiary/aromatic N) is 1. The minimum atomic E-state index is -0.155. The Labute approximate surface area is 251 Å². The number of halogens is 2. The summed E-state index contributed by atoms with van der Waals surface area (Å²) in [7, 11) is 3.48. The topological polar surface area (TPSA) is 69.5 Å². The summed E-state index contributed by atoms with van der Waals surface area (Å²) >= 11 is 0. The molecule has 2 aromatic rings. The first-order valence-corrected chi connectivity index (χ1v) is 14.9. The molecule has 2 saturated heterocycles. The van der Waals surface area contributed by atoms with Crippen molar-refractivity contribution in [1.29, 1.82) is 0 Å². The van der Waals surface area contributed by atoms with Gasteiger partial charge in [-0.1, -0.05) is 49.6 Å². The summed E-state index contributed by atoms with van der Waals surface area (Å²) in [6.07, 6.45) is 10.6. The van der Waals surface area contributed by atoms with Crippen molar-refractivity contribution in [2.45, 2.75) is 81.3 Å². The molecule has 1 aromatic carbocycles. The van der Waals surface area contributed by atoms with E-state index >= 15 is 0 Å². The fraction of sp³-hybridized carbons (Fsp3) is 0.625. The van der Waals surface area contributed by atoms with Crippen LogP contribution in [-0.2, 0) is 14.9 Å². The molecule has 1 aromatic heterocycles. The lowest BCUT2D eigenvalue weighted by Gasteiger charge is -2.47. The predicted octanol–water partition coefficient (Wildman–Crippen LogP) is -2.22. The molecule has 220 valence electrons. The lowest BCUT2D eigenvalue weighted by Crippen LogP contribution is -3.00. The van der Waals surface area contributed by atoms with Gasteiger partial charge in [-0.15, -0.1) is 0 Å². The molecule has 3 fully saturated rings. The van der Waals surface area contributed by atoms with E-state index in [-0.39, 0.29) is 42.3 Å². The van der Waals surface area contributed by atoms with Gasteiger partial charge in [-0.05, 0) is 62.0 Å². The average Bonchev–Trinajstić information content (AvgIpc) is 3.41. The van der Waals surface area contributed by atoms with Gasteiger partial charge in [-0.3, -0.25) is 4.79 Å². The maximum atomic E-state index is 14.7. The van der Waals surface area contributed by atoms with Gasteiger partial charge in [-0.2, -0.15) is 4.98 Å². The number of ether oxygens (including phenoxy) is 2. The van der Waals surface area contributed by atoms with Crippen molar-refractivity contribution in [3.8, 4) is 5.88 Å². The number of H-pyrrole nitrogens is 1. The van der Waals surface area contributed by atoms with Crippen molar-refractivity contribution in [3.05, 3.63) is 59.3 Å². The number of piperidine rings is 1. The molecule has 40 heavy (non-hydrogen) atoms. The average molecular weight is 591 g/mol. The first kappa shape index (κ1) is 31.1. The van der Waals surface area contributed by atoms with Gasteiger partial charge in [0.1, 0.15) is 12.0 Å². The highest BCUT2D eigenvalue weighted by molar-refractivity contribution is 5.82. The lowest BCUT2D eigenvalue weighted by molar-refractivity contribution is -0.640. The summed E-state index contributed by atoms with van der Waals surface area (Å²) in [5.41, 5.74) is 3.65. The second-order valence-corrected chi connectivity index (χ2v) is 12.2. The minimum Gasteiger partial charge on any atom is -1.00 e. The number of amides is 1. The number of rotatable bonds is 5. The maximum absolute atomic E-state index is 14.7. The van der Waals surface area contributed by atoms with Gasteiger partial charge >= 0.3 is 5.88 Å². The van der Waals surface area contributed by atoms with Crippen LogP contribution in [0.3, 0.4) is 0 Å². The highest BCUT2D eigenvalue weighted by Crippen LogP contribution is 2.48. The van der Waals surface area contributed by atoms with Crippen LogP contribution < -0.4 is 39.9 Å². The van der Waals surface area contributed by atoms with E-state index in [1.807, 2.05) is 6.07 Å². The fourth-order valence-corrected chi connectivity index (χ4v) is 8.45. The standard InChI is InChI=1S/C32H43N3O3.2ClH/c1-37-28-15-17-32(25-13-14-29(38-2)34-30(25)28)21-33-20-26(32)31(36)35-18-16-24(22-9-5-3-6-10-22)19-27(35)23-11-7-4-8-12-23;;/h3,5-6,9-10,13-14,23-24,26-28,33H,4,7-8,11-12,15-21H2,1-2H3;2*1H/t24-,26?,27+,28?,32+;;/m1../s1. The van der Waals surface area contributed by atoms with Gasteiger partial charge in [-0.25, -0.2) is 0 Å². The predicted molar refractivity (Wildman–Crippen MR) is 146 cm³/mol. The first-order chi connectivity index (χ1) is 18.6. The zero-order valence-electron chi connectivity index (χ0n) is 23.9. The van der Waals surface area contributed by atoms with Crippen molar-refractivity contribution >= 4 is 5.91 Å². The Balaban J connectivity index is 0.00000185. The van der Waals surface area contributed by atoms with Crippen molar-refractivity contribution in [3.63, 3.8) is 0 Å². The third-order valence-corrected chi connectivity index (χ3v) is 10.4. The highest BCUT2D eigenvalue weighted by Gasteiger charge is 2.58. The van der Waals surface area contributed by atoms with Gasteiger partial charge in [0.15, 0.2) is 0 Å². The molecule has 2 aliphatic heterocycles. The van der Waals surface area contributed by atoms with Crippen LogP contribution in [0.1, 0.15) is 86.6 Å². The molecule has 3 heterocycles. The van der Waals surface area contributed by atoms with Gasteiger partial charge in [0.2, 0.25) is 11.6 Å². The number of quaternary nitrogens is 1. The molecule has 6 rings (SSSR count). The second-order valence-electron chi connectivity index (χ2n) is 12.2. The molecule has 5 atom stereocenters. The Morgan fingerprint density at radius 2 is 1.77 bits per heavy atom. The number of aromatic amines is 1. The Bertz CT molecular complexity index is 1130. The minimum absolute atomic E-state index is 0. The summed E-state index contributed by atoms with van der Waals surface area (Å²) in [5, 5.41) is 2.38. The molecule has 0 radical (unpaired) electrons. The molecular formula is C32H45Cl2N3O3. The van der Waals surface area contributed by atoms with Gasteiger partial charge in [0.25, 0.3) is 0 Å². The van der Waals surface area contributed by atoms with E-state index in [2.05, 4.69) is 51.6 Å². The van der Waals surface area contributed by atoms with Crippen LogP contribution in [0.5, 0.6) is 5.88 Å². The Morgan fingerprint density at radius 1 is 1.00 bits per heavy atom. The number of hydrogen-bond acceptors (Lipinski definition) is 3. The molecule has 2 aliphatic carbocycles. The monoisotopic (exact) mass is 589 g/mol. The van der Waals surface area contributed by atoms with E-state index in [0.717, 1.165) is 56.9 Å². The van der Waals surface area contributed by atoms with Crippen LogP contribution in [0, 0.1) is 11.8 Å². The number of carbonyl (C=O) groups is 1. The van der Waals surface area contributed by atoms with Crippen LogP contribution in [0.25, 0.3) is 0 Å². The van der Waals surface area contributed by atoms with E-state index in [1.165, 1.54) is 43.2 Å². The molecule has 1 spiro atoms. The highest BCUT2D eigenvalue weighted by atomic mass is 35.5. The normalized spacial score (nSPS) is 30.2. The van der Waals surface area contributed by atoms with Crippen molar-refractivity contribution in [1.82, 2.24) is 4.90 Å². The fourth-order valence-electron chi connectivity index (χ4n) is 8.45. The van der Waals surface area contributed by atoms with Gasteiger partial charge in [0.05, 0.1) is 31.7 Å². The summed E-state index contributed by atoms with van der Waals surface area (Å²) in [6.45, 7) is 2.72. The number of aromatic nitrogens is 1. The van der Waals surface area contributed by atoms with Crippen molar-refractivity contribution < 1.29 is 49.4 Å². The van der Waals surface area contributed by atoms with E-state index in [4.69, 9.17) is 9.47 Å². The summed E-state index contributed by atoms with van der Waals surface area (Å²) in [6, 6.07) is 15.6. The van der Waals surface area contributed by atoms with Crippen LogP contribution in [0.4, 0.5) is 0 Å². The van der Waals surface area contributed by atoms with E-state index < -0.39 is 0 Å². The SMILES string of the molecule is COc1ccc2c([nH+]1)C(OC)CC[C@]21C[NH2+]CC1C(=O)N1CC[C@@H](c2ccccc2)C[C@H]1C1CCCCC1.[Cl-].[Cl-]. The number of hydrogen-bond donors (Lipinski definition) is 1. The number of methoxy groups -OCH3 is 2. The molecule has 1 saturated carbocycles. The van der Waals surface area contributed by atoms with E-state index in [1.54, 1.807) is 14.2 Å². The molecule has 4 aliphatic rings. The zero-order valence-corrected chi connectivity index (χ0v) is 25.4. The van der Waals surface area contributed by atoms with Crippen LogP contribution in [-0.4, -0.2) is 50.7 Å². The van der Waals surface area contributed by atoms with E-state index in [9.17, 15) is 4.79 Å². The Hall–Kier alpha value is -1.86. The van der Waals surface area contributed by atoms with Crippen LogP contribution >= 0.6 is 0 Å². The summed E-state index contributed by atoms with van der Waals surface area (Å²) < 4.78 is 11.4. The number of likely N-dealkylation sites (tertiary alicyclic amines) is 1. The zero-order chi connectivity index (χ0) is 26.1. The second kappa shape index (κ2) is 13.4. The number of pyridine rings is 1. The van der Waals surface area contributed by atoms with Gasteiger partial charge < -0.3 is 44.5 Å². The van der Waals surface area contributed by atoms with Gasteiger partial charge in [0, 0.05) is 25.3 Å². The molecule has 1 amide bonds. The first-order valence-electron chi connectivity index (χ1n) is 14.9.